The number of sulfone groups is 1. The maximum Gasteiger partial charge on any atom is 0.148 e. The lowest BCUT2D eigenvalue weighted by Gasteiger charge is -2.17. The fourth-order valence-corrected chi connectivity index (χ4v) is 3.87. The normalized spacial score (nSPS) is 15.8. The van der Waals surface area contributed by atoms with E-state index in [9.17, 15) is 8.42 Å². The standard InChI is InChI=1S/C11H19NO3S2/c1-8-4-5-10(15-8)11(9(2)12)16-6-7-17(3,13)14/h4-5,9,11H,6-7,12H2,1-3H3. The smallest absolute Gasteiger partial charge is 0.148 e. The summed E-state index contributed by atoms with van der Waals surface area (Å²) in [4.78, 5) is 0. The van der Waals surface area contributed by atoms with E-state index in [1.165, 1.54) is 18.0 Å². The van der Waals surface area contributed by atoms with Crippen molar-refractivity contribution in [1.82, 2.24) is 0 Å². The Labute approximate surface area is 107 Å². The van der Waals surface area contributed by atoms with Crippen LogP contribution in [-0.2, 0) is 9.84 Å². The number of hydrogen-bond acceptors (Lipinski definition) is 5. The number of furan rings is 1. The molecule has 0 aliphatic carbocycles. The second-order valence-corrected chi connectivity index (χ2v) is 7.74. The van der Waals surface area contributed by atoms with Crippen molar-refractivity contribution in [3.63, 3.8) is 0 Å². The number of rotatable bonds is 6. The minimum Gasteiger partial charge on any atom is -0.465 e. The number of nitrogens with two attached hydrogens (primary N) is 1. The zero-order chi connectivity index (χ0) is 13.1. The fraction of sp³-hybridized carbons (Fsp3) is 0.636. The van der Waals surface area contributed by atoms with Gasteiger partial charge in [-0.15, -0.1) is 11.8 Å². The van der Waals surface area contributed by atoms with Crippen molar-refractivity contribution >= 4 is 21.6 Å². The Morgan fingerprint density at radius 3 is 2.53 bits per heavy atom. The van der Waals surface area contributed by atoms with Crippen LogP contribution in [0.5, 0.6) is 0 Å². The van der Waals surface area contributed by atoms with Gasteiger partial charge in [-0.1, -0.05) is 0 Å². The topological polar surface area (TPSA) is 73.3 Å². The van der Waals surface area contributed by atoms with Crippen molar-refractivity contribution in [2.75, 3.05) is 17.8 Å². The summed E-state index contributed by atoms with van der Waals surface area (Å²) < 4.78 is 27.6. The Morgan fingerprint density at radius 2 is 2.12 bits per heavy atom. The summed E-state index contributed by atoms with van der Waals surface area (Å²) >= 11 is 1.53. The molecule has 2 atom stereocenters. The van der Waals surface area contributed by atoms with Crippen LogP contribution in [0.25, 0.3) is 0 Å². The van der Waals surface area contributed by atoms with E-state index in [0.717, 1.165) is 11.5 Å². The second-order valence-electron chi connectivity index (χ2n) is 4.23. The van der Waals surface area contributed by atoms with E-state index in [4.69, 9.17) is 10.2 Å². The molecule has 0 radical (unpaired) electrons. The van der Waals surface area contributed by atoms with Crippen LogP contribution in [0.15, 0.2) is 16.5 Å². The molecule has 0 saturated heterocycles. The molecule has 1 aromatic heterocycles. The molecule has 1 aromatic rings. The molecule has 0 aromatic carbocycles. The van der Waals surface area contributed by atoms with E-state index < -0.39 is 9.84 Å². The molecule has 0 fully saturated rings. The van der Waals surface area contributed by atoms with E-state index in [2.05, 4.69) is 0 Å². The van der Waals surface area contributed by atoms with Crippen LogP contribution < -0.4 is 5.73 Å². The molecule has 0 aliphatic heterocycles. The van der Waals surface area contributed by atoms with Crippen molar-refractivity contribution in [2.24, 2.45) is 5.73 Å². The molecule has 4 nitrogen and oxygen atoms in total. The van der Waals surface area contributed by atoms with Crippen LogP contribution in [0.1, 0.15) is 23.7 Å². The Morgan fingerprint density at radius 1 is 1.47 bits per heavy atom. The zero-order valence-corrected chi connectivity index (χ0v) is 12.0. The molecule has 2 N–H and O–H groups in total. The van der Waals surface area contributed by atoms with Gasteiger partial charge < -0.3 is 10.2 Å². The molecule has 1 rings (SSSR count). The lowest BCUT2D eigenvalue weighted by atomic mass is 10.2. The van der Waals surface area contributed by atoms with Gasteiger partial charge in [0.1, 0.15) is 21.4 Å². The van der Waals surface area contributed by atoms with E-state index in [1.807, 2.05) is 26.0 Å². The van der Waals surface area contributed by atoms with Gasteiger partial charge in [0.2, 0.25) is 0 Å². The summed E-state index contributed by atoms with van der Waals surface area (Å²) in [6.07, 6.45) is 1.24. The summed E-state index contributed by atoms with van der Waals surface area (Å²) in [5.74, 6) is 2.36. The van der Waals surface area contributed by atoms with Gasteiger partial charge in [0.05, 0.1) is 11.0 Å². The summed E-state index contributed by atoms with van der Waals surface area (Å²) in [6, 6.07) is 3.71. The monoisotopic (exact) mass is 277 g/mol. The van der Waals surface area contributed by atoms with Gasteiger partial charge in [-0.25, -0.2) is 8.42 Å². The van der Waals surface area contributed by atoms with Crippen LogP contribution in [0.2, 0.25) is 0 Å². The van der Waals surface area contributed by atoms with Crippen molar-refractivity contribution in [3.05, 3.63) is 23.7 Å². The van der Waals surface area contributed by atoms with Crippen LogP contribution in [0.3, 0.4) is 0 Å². The largest absolute Gasteiger partial charge is 0.465 e. The van der Waals surface area contributed by atoms with Crippen LogP contribution in [-0.4, -0.2) is 32.2 Å². The highest BCUT2D eigenvalue weighted by Gasteiger charge is 2.20. The first-order chi connectivity index (χ1) is 7.79. The van der Waals surface area contributed by atoms with Gasteiger partial charge in [0.25, 0.3) is 0 Å². The molecule has 0 bridgehead atoms. The van der Waals surface area contributed by atoms with Crippen molar-refractivity contribution < 1.29 is 12.8 Å². The summed E-state index contributed by atoms with van der Waals surface area (Å²) in [6.45, 7) is 3.78. The van der Waals surface area contributed by atoms with Gasteiger partial charge in [-0.3, -0.25) is 0 Å². The van der Waals surface area contributed by atoms with Crippen molar-refractivity contribution in [2.45, 2.75) is 25.1 Å². The van der Waals surface area contributed by atoms with Gasteiger partial charge in [0.15, 0.2) is 0 Å². The second kappa shape index (κ2) is 5.93. The average Bonchev–Trinajstić information content (AvgIpc) is 2.57. The Bertz CT molecular complexity index is 451. The third-order valence-electron chi connectivity index (χ3n) is 2.27. The quantitative estimate of drug-likeness (QED) is 0.857. The summed E-state index contributed by atoms with van der Waals surface area (Å²) in [5.41, 5.74) is 5.90. The highest BCUT2D eigenvalue weighted by atomic mass is 32.2. The molecule has 0 amide bonds. The third kappa shape index (κ3) is 5.14. The fourth-order valence-electron chi connectivity index (χ4n) is 1.43. The third-order valence-corrected chi connectivity index (χ3v) is 4.94. The van der Waals surface area contributed by atoms with Gasteiger partial charge in [-0.2, -0.15) is 0 Å². The van der Waals surface area contributed by atoms with E-state index in [1.54, 1.807) is 0 Å². The predicted molar refractivity (Wildman–Crippen MR) is 72.0 cm³/mol. The Kier molecular flexibility index (Phi) is 5.09. The van der Waals surface area contributed by atoms with Crippen LogP contribution in [0.4, 0.5) is 0 Å². The van der Waals surface area contributed by atoms with Crippen molar-refractivity contribution in [3.8, 4) is 0 Å². The van der Waals surface area contributed by atoms with Crippen molar-refractivity contribution in [1.29, 1.82) is 0 Å². The summed E-state index contributed by atoms with van der Waals surface area (Å²) in [7, 11) is -2.91. The summed E-state index contributed by atoms with van der Waals surface area (Å²) in [5, 5.41) is 0.00505. The average molecular weight is 277 g/mol. The molecule has 0 aliphatic rings. The molecular weight excluding hydrogens is 258 g/mol. The molecule has 0 spiro atoms. The SMILES string of the molecule is Cc1ccc(C(SCCS(C)(=O)=O)C(C)N)o1. The number of aryl methyl sites for hydroxylation is 1. The highest BCUT2D eigenvalue weighted by Crippen LogP contribution is 2.32. The molecule has 17 heavy (non-hydrogen) atoms. The predicted octanol–water partition coefficient (Wildman–Crippen LogP) is 1.75. The Balaban J connectivity index is 2.62. The first-order valence-electron chi connectivity index (χ1n) is 5.41. The maximum absolute atomic E-state index is 11.1. The number of hydrogen-bond donors (Lipinski definition) is 1. The van der Waals surface area contributed by atoms with Crippen LogP contribution >= 0.6 is 11.8 Å². The Hall–Kier alpha value is -0.460. The molecular formula is C11H19NO3S2. The van der Waals surface area contributed by atoms with E-state index in [0.29, 0.717) is 5.75 Å². The maximum atomic E-state index is 11.1. The lowest BCUT2D eigenvalue weighted by Crippen LogP contribution is -2.23. The first-order valence-corrected chi connectivity index (χ1v) is 8.52. The lowest BCUT2D eigenvalue weighted by molar-refractivity contribution is 0.465. The molecule has 1 heterocycles. The molecule has 0 saturated carbocycles. The minimum atomic E-state index is -2.91. The molecule has 98 valence electrons. The van der Waals surface area contributed by atoms with Gasteiger partial charge in [-0.05, 0) is 26.0 Å². The van der Waals surface area contributed by atoms with E-state index in [-0.39, 0.29) is 17.0 Å². The zero-order valence-electron chi connectivity index (χ0n) is 10.3. The number of thioether (sulfide) groups is 1. The first kappa shape index (κ1) is 14.6. The minimum absolute atomic E-state index is 0.00505. The van der Waals surface area contributed by atoms with Crippen LogP contribution in [0, 0.1) is 6.92 Å². The molecule has 6 heteroatoms. The molecule has 2 unspecified atom stereocenters. The highest BCUT2D eigenvalue weighted by molar-refractivity contribution is 8.00. The van der Waals surface area contributed by atoms with E-state index >= 15 is 0 Å². The van der Waals surface area contributed by atoms with Gasteiger partial charge in [0, 0.05) is 18.1 Å². The van der Waals surface area contributed by atoms with Gasteiger partial charge >= 0.3 is 0 Å².